The predicted molar refractivity (Wildman–Crippen MR) is 61.8 cm³/mol. The molecule has 0 atom stereocenters. The second kappa shape index (κ2) is 4.94. The fourth-order valence-corrected chi connectivity index (χ4v) is 1.61. The van der Waals surface area contributed by atoms with Gasteiger partial charge in [-0.1, -0.05) is 0 Å². The van der Waals surface area contributed by atoms with Gasteiger partial charge in [-0.2, -0.15) is 0 Å². The van der Waals surface area contributed by atoms with Gasteiger partial charge in [-0.3, -0.25) is 0 Å². The van der Waals surface area contributed by atoms with Crippen LogP contribution in [0.2, 0.25) is 0 Å². The molecule has 0 bridgehead atoms. The third kappa shape index (κ3) is 2.49. The molecule has 0 aliphatic rings. The van der Waals surface area contributed by atoms with Crippen molar-refractivity contribution in [2.24, 2.45) is 14.1 Å². The Morgan fingerprint density at radius 1 is 1.31 bits per heavy atom. The number of imidazole rings is 2. The number of nitrogens with one attached hydrogen (secondary N) is 1. The van der Waals surface area contributed by atoms with Crippen LogP contribution in [0.1, 0.15) is 11.5 Å². The third-order valence-corrected chi connectivity index (χ3v) is 2.67. The maximum atomic E-state index is 4.27. The number of hydrogen-bond donors (Lipinski definition) is 1. The highest BCUT2D eigenvalue weighted by Crippen LogP contribution is 1.97. The van der Waals surface area contributed by atoms with Crippen LogP contribution in [0.15, 0.2) is 24.9 Å². The molecule has 5 nitrogen and oxygen atoms in total. The summed E-state index contributed by atoms with van der Waals surface area (Å²) in [6.45, 7) is 1.77. The van der Waals surface area contributed by atoms with Crippen molar-refractivity contribution in [1.29, 1.82) is 0 Å². The minimum absolute atomic E-state index is 0.848. The van der Waals surface area contributed by atoms with Crippen molar-refractivity contribution in [2.45, 2.75) is 13.0 Å². The zero-order valence-corrected chi connectivity index (χ0v) is 9.72. The number of aryl methyl sites for hydroxylation is 2. The first-order valence-electron chi connectivity index (χ1n) is 5.39. The Kier molecular flexibility index (Phi) is 3.36. The van der Waals surface area contributed by atoms with Crippen molar-refractivity contribution < 1.29 is 0 Å². The molecule has 0 aliphatic carbocycles. The molecule has 16 heavy (non-hydrogen) atoms. The van der Waals surface area contributed by atoms with Gasteiger partial charge in [0.1, 0.15) is 5.82 Å². The first-order chi connectivity index (χ1) is 7.77. The lowest BCUT2D eigenvalue weighted by atomic mass is 10.4. The Hall–Kier alpha value is -1.62. The Balaban J connectivity index is 1.74. The third-order valence-electron chi connectivity index (χ3n) is 2.67. The van der Waals surface area contributed by atoms with Crippen molar-refractivity contribution in [2.75, 3.05) is 6.54 Å². The van der Waals surface area contributed by atoms with E-state index in [2.05, 4.69) is 15.3 Å². The topological polar surface area (TPSA) is 47.7 Å². The van der Waals surface area contributed by atoms with Gasteiger partial charge in [0.05, 0.1) is 12.0 Å². The van der Waals surface area contributed by atoms with E-state index >= 15 is 0 Å². The number of rotatable bonds is 5. The first-order valence-corrected chi connectivity index (χ1v) is 5.39. The Morgan fingerprint density at radius 3 is 2.81 bits per heavy atom. The molecule has 0 saturated heterocycles. The average Bonchev–Trinajstić information content (AvgIpc) is 2.84. The van der Waals surface area contributed by atoms with E-state index in [0.29, 0.717) is 0 Å². The lowest BCUT2D eigenvalue weighted by molar-refractivity contribution is 0.631. The summed E-state index contributed by atoms with van der Waals surface area (Å²) < 4.78 is 4.07. The lowest BCUT2D eigenvalue weighted by Gasteiger charge is -2.05. The molecule has 1 N–H and O–H groups in total. The zero-order valence-electron chi connectivity index (χ0n) is 9.72. The van der Waals surface area contributed by atoms with Crippen LogP contribution in [-0.4, -0.2) is 25.6 Å². The first kappa shape index (κ1) is 10.9. The highest BCUT2D eigenvalue weighted by atomic mass is 15.1. The van der Waals surface area contributed by atoms with Gasteiger partial charge in [-0.05, 0) is 0 Å². The smallest absolute Gasteiger partial charge is 0.109 e. The molecule has 0 spiro atoms. The fraction of sp³-hybridized carbons (Fsp3) is 0.455. The van der Waals surface area contributed by atoms with Gasteiger partial charge in [-0.15, -0.1) is 0 Å². The SMILES string of the molecule is Cn1cncc1CNCCc1nccn1C. The van der Waals surface area contributed by atoms with Crippen LogP contribution in [-0.2, 0) is 27.1 Å². The summed E-state index contributed by atoms with van der Waals surface area (Å²) in [6.07, 6.45) is 8.44. The van der Waals surface area contributed by atoms with E-state index < -0.39 is 0 Å². The molecule has 0 saturated carbocycles. The fourth-order valence-electron chi connectivity index (χ4n) is 1.61. The van der Waals surface area contributed by atoms with Crippen LogP contribution in [0.4, 0.5) is 0 Å². The van der Waals surface area contributed by atoms with Crippen LogP contribution in [0.3, 0.4) is 0 Å². The highest BCUT2D eigenvalue weighted by molar-refractivity contribution is 4.97. The van der Waals surface area contributed by atoms with Gasteiger partial charge in [-0.25, -0.2) is 9.97 Å². The molecule has 2 rings (SSSR count). The van der Waals surface area contributed by atoms with Gasteiger partial charge in [0.2, 0.25) is 0 Å². The molecule has 0 fully saturated rings. The molecular formula is C11H17N5. The molecule has 2 heterocycles. The number of hydrogen-bond acceptors (Lipinski definition) is 3. The van der Waals surface area contributed by atoms with Gasteiger partial charge < -0.3 is 14.5 Å². The summed E-state index contributed by atoms with van der Waals surface area (Å²) in [7, 11) is 4.02. The van der Waals surface area contributed by atoms with Crippen molar-refractivity contribution in [1.82, 2.24) is 24.4 Å². The monoisotopic (exact) mass is 219 g/mol. The Morgan fingerprint density at radius 2 is 2.19 bits per heavy atom. The van der Waals surface area contributed by atoms with Crippen molar-refractivity contribution in [3.8, 4) is 0 Å². The van der Waals surface area contributed by atoms with Gasteiger partial charge in [0, 0.05) is 52.2 Å². The van der Waals surface area contributed by atoms with E-state index in [9.17, 15) is 0 Å². The molecule has 0 radical (unpaired) electrons. The van der Waals surface area contributed by atoms with Gasteiger partial charge in [0.15, 0.2) is 0 Å². The highest BCUT2D eigenvalue weighted by Gasteiger charge is 2.00. The quantitative estimate of drug-likeness (QED) is 0.744. The van der Waals surface area contributed by atoms with E-state index in [4.69, 9.17) is 0 Å². The maximum absolute atomic E-state index is 4.27. The van der Waals surface area contributed by atoms with Crippen molar-refractivity contribution in [3.05, 3.63) is 36.4 Å². The van der Waals surface area contributed by atoms with Crippen LogP contribution < -0.4 is 5.32 Å². The van der Waals surface area contributed by atoms with Crippen molar-refractivity contribution in [3.63, 3.8) is 0 Å². The molecule has 0 aliphatic heterocycles. The predicted octanol–water partition coefficient (Wildman–Crippen LogP) is 0.486. The van der Waals surface area contributed by atoms with Crippen LogP contribution in [0.25, 0.3) is 0 Å². The van der Waals surface area contributed by atoms with Gasteiger partial charge in [0.25, 0.3) is 0 Å². The zero-order chi connectivity index (χ0) is 11.4. The van der Waals surface area contributed by atoms with Crippen molar-refractivity contribution >= 4 is 0 Å². The second-order valence-electron chi connectivity index (χ2n) is 3.88. The number of aromatic nitrogens is 4. The van der Waals surface area contributed by atoms with Crippen LogP contribution in [0.5, 0.6) is 0 Å². The molecule has 5 heteroatoms. The summed E-state index contributed by atoms with van der Waals surface area (Å²) in [5.41, 5.74) is 1.19. The summed E-state index contributed by atoms with van der Waals surface area (Å²) in [6, 6.07) is 0. The summed E-state index contributed by atoms with van der Waals surface area (Å²) in [5.74, 6) is 1.11. The standard InChI is InChI=1S/C11H17N5/c1-15-6-5-14-11(15)3-4-12-7-10-8-13-9-16(10)2/h5-6,8-9,12H,3-4,7H2,1-2H3. The van der Waals surface area contributed by atoms with E-state index in [-0.39, 0.29) is 0 Å². The lowest BCUT2D eigenvalue weighted by Crippen LogP contribution is -2.19. The van der Waals surface area contributed by atoms with Crippen LogP contribution in [0, 0.1) is 0 Å². The molecule has 0 aromatic carbocycles. The molecule has 2 aromatic rings. The van der Waals surface area contributed by atoms with E-state index in [1.807, 2.05) is 48.1 Å². The largest absolute Gasteiger partial charge is 0.338 e. The Labute approximate surface area is 95.1 Å². The molecule has 0 unspecified atom stereocenters. The van der Waals surface area contributed by atoms with Crippen LogP contribution >= 0.6 is 0 Å². The minimum Gasteiger partial charge on any atom is -0.338 e. The maximum Gasteiger partial charge on any atom is 0.109 e. The molecular weight excluding hydrogens is 202 g/mol. The van der Waals surface area contributed by atoms with E-state index in [0.717, 1.165) is 25.3 Å². The molecule has 2 aromatic heterocycles. The number of nitrogens with zero attached hydrogens (tertiary/aromatic N) is 4. The summed E-state index contributed by atoms with van der Waals surface area (Å²) in [5, 5.41) is 3.38. The summed E-state index contributed by atoms with van der Waals surface area (Å²) >= 11 is 0. The van der Waals surface area contributed by atoms with E-state index in [1.54, 1.807) is 0 Å². The Bertz CT molecular complexity index is 400. The second-order valence-corrected chi connectivity index (χ2v) is 3.88. The molecule has 0 amide bonds. The minimum atomic E-state index is 0.848. The normalized spacial score (nSPS) is 10.9. The summed E-state index contributed by atoms with van der Waals surface area (Å²) in [4.78, 5) is 8.34. The average molecular weight is 219 g/mol. The van der Waals surface area contributed by atoms with E-state index in [1.165, 1.54) is 5.69 Å². The molecule has 86 valence electrons. The van der Waals surface area contributed by atoms with Gasteiger partial charge >= 0.3 is 0 Å².